The summed E-state index contributed by atoms with van der Waals surface area (Å²) in [5.74, 6) is -0.599. The van der Waals surface area contributed by atoms with Crippen LogP contribution in [0.5, 0.6) is 0 Å². The third-order valence-corrected chi connectivity index (χ3v) is 3.46. The summed E-state index contributed by atoms with van der Waals surface area (Å²) in [7, 11) is 0. The summed E-state index contributed by atoms with van der Waals surface area (Å²) >= 11 is 0. The van der Waals surface area contributed by atoms with Crippen molar-refractivity contribution in [2.45, 2.75) is 20.4 Å². The third kappa shape index (κ3) is 4.60. The summed E-state index contributed by atoms with van der Waals surface area (Å²) in [5.41, 5.74) is 1.94. The Kier molecular flexibility index (Phi) is 5.41. The Morgan fingerprint density at radius 2 is 2.00 bits per heavy atom. The first-order valence-corrected chi connectivity index (χ1v) is 7.21. The molecule has 0 aliphatic rings. The van der Waals surface area contributed by atoms with Gasteiger partial charge in [0.25, 0.3) is 5.56 Å². The minimum atomic E-state index is -0.320. The van der Waals surface area contributed by atoms with Crippen LogP contribution in [0.25, 0.3) is 6.08 Å². The lowest BCUT2D eigenvalue weighted by Gasteiger charge is -2.07. The fraction of sp³-hybridized carbons (Fsp3) is 0.235. The monoisotopic (exact) mass is 315 g/mol. The normalized spacial score (nSPS) is 10.9. The van der Waals surface area contributed by atoms with E-state index in [0.717, 1.165) is 5.56 Å². The summed E-state index contributed by atoms with van der Waals surface area (Å²) in [6, 6.07) is 5.83. The molecule has 1 N–H and O–H groups in total. The Balaban J connectivity index is 1.87. The van der Waals surface area contributed by atoms with Gasteiger partial charge in [-0.15, -0.1) is 0 Å². The van der Waals surface area contributed by atoms with E-state index in [1.807, 2.05) is 0 Å². The van der Waals surface area contributed by atoms with Gasteiger partial charge in [-0.05, 0) is 37.6 Å². The first-order valence-electron chi connectivity index (χ1n) is 7.21. The van der Waals surface area contributed by atoms with E-state index in [0.29, 0.717) is 24.3 Å². The molecule has 5 nitrogen and oxygen atoms in total. The molecule has 6 heteroatoms. The number of nitrogens with zero attached hydrogens (tertiary/aromatic N) is 2. The number of amides is 1. The zero-order valence-corrected chi connectivity index (χ0v) is 13.0. The minimum Gasteiger partial charge on any atom is -0.351 e. The number of aryl methyl sites for hydroxylation is 1. The van der Waals surface area contributed by atoms with Crippen LogP contribution in [-0.4, -0.2) is 22.0 Å². The molecule has 0 aliphatic heterocycles. The predicted octanol–water partition coefficient (Wildman–Crippen LogP) is 1.83. The highest BCUT2D eigenvalue weighted by molar-refractivity contribution is 5.91. The number of carbonyl (C=O) groups is 1. The van der Waals surface area contributed by atoms with Gasteiger partial charge in [0.2, 0.25) is 5.91 Å². The maximum atomic E-state index is 12.8. The van der Waals surface area contributed by atoms with Crippen LogP contribution in [0.3, 0.4) is 0 Å². The van der Waals surface area contributed by atoms with Gasteiger partial charge in [-0.3, -0.25) is 14.2 Å². The van der Waals surface area contributed by atoms with Crippen molar-refractivity contribution in [3.63, 3.8) is 0 Å². The highest BCUT2D eigenvalue weighted by Crippen LogP contribution is 2.04. The maximum Gasteiger partial charge on any atom is 0.256 e. The molecule has 1 heterocycles. The van der Waals surface area contributed by atoms with Crippen molar-refractivity contribution in [1.29, 1.82) is 0 Å². The fourth-order valence-corrected chi connectivity index (χ4v) is 1.94. The van der Waals surface area contributed by atoms with Crippen molar-refractivity contribution in [1.82, 2.24) is 14.9 Å². The number of aromatic nitrogens is 2. The zero-order chi connectivity index (χ0) is 16.8. The van der Waals surface area contributed by atoms with Gasteiger partial charge in [0.1, 0.15) is 5.82 Å². The van der Waals surface area contributed by atoms with E-state index in [1.165, 1.54) is 29.1 Å². The summed E-state index contributed by atoms with van der Waals surface area (Å²) in [6.07, 6.45) is 4.44. The summed E-state index contributed by atoms with van der Waals surface area (Å²) < 4.78 is 14.2. The molecule has 0 spiro atoms. The highest BCUT2D eigenvalue weighted by atomic mass is 19.1. The molecule has 1 aromatic carbocycles. The van der Waals surface area contributed by atoms with Gasteiger partial charge in [-0.1, -0.05) is 12.1 Å². The second kappa shape index (κ2) is 7.49. The Morgan fingerprint density at radius 3 is 2.70 bits per heavy atom. The van der Waals surface area contributed by atoms with Crippen molar-refractivity contribution in [3.8, 4) is 0 Å². The molecule has 1 amide bonds. The average molecular weight is 315 g/mol. The second-order valence-corrected chi connectivity index (χ2v) is 5.13. The van der Waals surface area contributed by atoms with Crippen LogP contribution in [0, 0.1) is 19.7 Å². The van der Waals surface area contributed by atoms with E-state index in [9.17, 15) is 14.0 Å². The quantitative estimate of drug-likeness (QED) is 0.856. The topological polar surface area (TPSA) is 64.0 Å². The molecule has 0 saturated carbocycles. The Hall–Kier alpha value is -2.76. The summed E-state index contributed by atoms with van der Waals surface area (Å²) in [4.78, 5) is 27.8. The van der Waals surface area contributed by atoms with E-state index in [-0.39, 0.29) is 17.3 Å². The molecule has 0 bridgehead atoms. The molecule has 0 atom stereocenters. The number of benzene rings is 1. The van der Waals surface area contributed by atoms with Gasteiger partial charge in [0.05, 0.1) is 6.33 Å². The number of nitrogens with one attached hydrogen (secondary N) is 1. The SMILES string of the molecule is Cc1ncn(CCNC(=O)/C=C/c2ccc(F)cc2)c(=O)c1C. The van der Waals surface area contributed by atoms with Crippen molar-refractivity contribution in [2.75, 3.05) is 6.54 Å². The Bertz CT molecular complexity index is 779. The predicted molar refractivity (Wildman–Crippen MR) is 86.4 cm³/mol. The van der Waals surface area contributed by atoms with Crippen molar-refractivity contribution in [3.05, 3.63) is 69.7 Å². The number of hydrogen-bond donors (Lipinski definition) is 1. The molecule has 1 aromatic heterocycles. The van der Waals surface area contributed by atoms with E-state index < -0.39 is 0 Å². The number of carbonyl (C=O) groups excluding carboxylic acids is 1. The smallest absolute Gasteiger partial charge is 0.256 e. The van der Waals surface area contributed by atoms with Crippen LogP contribution < -0.4 is 10.9 Å². The van der Waals surface area contributed by atoms with Gasteiger partial charge in [-0.2, -0.15) is 0 Å². The molecule has 0 unspecified atom stereocenters. The van der Waals surface area contributed by atoms with Crippen molar-refractivity contribution in [2.24, 2.45) is 0 Å². The number of halogens is 1. The molecule has 120 valence electrons. The summed E-state index contributed by atoms with van der Waals surface area (Å²) in [6.45, 7) is 4.17. The van der Waals surface area contributed by atoms with Crippen LogP contribution in [0.4, 0.5) is 4.39 Å². The highest BCUT2D eigenvalue weighted by Gasteiger charge is 2.03. The zero-order valence-electron chi connectivity index (χ0n) is 13.0. The largest absolute Gasteiger partial charge is 0.351 e. The summed E-state index contributed by atoms with van der Waals surface area (Å²) in [5, 5.41) is 2.69. The molecule has 23 heavy (non-hydrogen) atoms. The lowest BCUT2D eigenvalue weighted by atomic mass is 10.2. The molecular weight excluding hydrogens is 297 g/mol. The molecule has 2 aromatic rings. The molecule has 0 aliphatic carbocycles. The first kappa shape index (κ1) is 16.6. The van der Waals surface area contributed by atoms with E-state index in [2.05, 4.69) is 10.3 Å². The molecule has 0 saturated heterocycles. The first-order chi connectivity index (χ1) is 11.0. The van der Waals surface area contributed by atoms with Gasteiger partial charge in [0.15, 0.2) is 0 Å². The van der Waals surface area contributed by atoms with E-state index in [1.54, 1.807) is 32.1 Å². The van der Waals surface area contributed by atoms with E-state index in [4.69, 9.17) is 0 Å². The van der Waals surface area contributed by atoms with Crippen molar-refractivity contribution >= 4 is 12.0 Å². The standard InChI is InChI=1S/C17H18FN3O2/c1-12-13(2)20-11-21(17(12)23)10-9-19-16(22)8-5-14-3-6-15(18)7-4-14/h3-8,11H,9-10H2,1-2H3,(H,19,22)/b8-5+. The molecule has 2 rings (SSSR count). The third-order valence-electron chi connectivity index (χ3n) is 3.46. The number of hydrogen-bond acceptors (Lipinski definition) is 3. The van der Waals surface area contributed by atoms with Gasteiger partial charge < -0.3 is 5.32 Å². The lowest BCUT2D eigenvalue weighted by molar-refractivity contribution is -0.116. The van der Waals surface area contributed by atoms with Crippen LogP contribution in [0.15, 0.2) is 41.5 Å². The molecular formula is C17H18FN3O2. The van der Waals surface area contributed by atoms with Crippen LogP contribution in [0.2, 0.25) is 0 Å². The average Bonchev–Trinajstić information content (AvgIpc) is 2.54. The Labute approximate surface area is 133 Å². The van der Waals surface area contributed by atoms with Crippen LogP contribution in [-0.2, 0) is 11.3 Å². The molecule has 0 fully saturated rings. The minimum absolute atomic E-state index is 0.103. The fourth-order valence-electron chi connectivity index (χ4n) is 1.94. The van der Waals surface area contributed by atoms with Gasteiger partial charge >= 0.3 is 0 Å². The van der Waals surface area contributed by atoms with Crippen LogP contribution in [0.1, 0.15) is 16.8 Å². The van der Waals surface area contributed by atoms with Crippen molar-refractivity contribution < 1.29 is 9.18 Å². The Morgan fingerprint density at radius 1 is 1.30 bits per heavy atom. The maximum absolute atomic E-state index is 12.8. The second-order valence-electron chi connectivity index (χ2n) is 5.13. The van der Waals surface area contributed by atoms with Gasteiger partial charge in [0, 0.05) is 30.4 Å². The number of rotatable bonds is 5. The lowest BCUT2D eigenvalue weighted by Crippen LogP contribution is -2.31. The van der Waals surface area contributed by atoms with E-state index >= 15 is 0 Å². The molecule has 0 radical (unpaired) electrons. The van der Waals surface area contributed by atoms with Gasteiger partial charge in [-0.25, -0.2) is 9.37 Å². The van der Waals surface area contributed by atoms with Crippen LogP contribution >= 0.6 is 0 Å².